The first-order valence-electron chi connectivity index (χ1n) is 8.79. The zero-order chi connectivity index (χ0) is 19.4. The molecule has 0 aromatic heterocycles. The number of rotatable bonds is 5. The van der Waals surface area contributed by atoms with E-state index < -0.39 is 11.9 Å². The number of hydrogen-bond donors (Lipinski definition) is 1. The Hall–Kier alpha value is -3.15. The van der Waals surface area contributed by atoms with E-state index in [1.54, 1.807) is 29.2 Å². The lowest BCUT2D eigenvalue weighted by Gasteiger charge is -2.17. The van der Waals surface area contributed by atoms with Crippen LogP contribution in [0.1, 0.15) is 27.9 Å². The monoisotopic (exact) mass is 366 g/mol. The molecule has 1 aliphatic rings. The normalized spacial score (nSPS) is 16.3. The van der Waals surface area contributed by atoms with Crippen LogP contribution < -0.4 is 5.32 Å². The molecule has 1 atom stereocenters. The van der Waals surface area contributed by atoms with Gasteiger partial charge in [0, 0.05) is 25.2 Å². The van der Waals surface area contributed by atoms with Gasteiger partial charge in [0.2, 0.25) is 11.8 Å². The van der Waals surface area contributed by atoms with E-state index in [4.69, 9.17) is 0 Å². The third-order valence-corrected chi connectivity index (χ3v) is 4.59. The van der Waals surface area contributed by atoms with E-state index in [-0.39, 0.29) is 18.2 Å². The average molecular weight is 366 g/mol. The number of carbonyl (C=O) groups excluding carboxylic acids is 3. The van der Waals surface area contributed by atoms with Crippen molar-refractivity contribution in [1.29, 1.82) is 0 Å². The van der Waals surface area contributed by atoms with Crippen LogP contribution in [0.25, 0.3) is 0 Å². The highest BCUT2D eigenvalue weighted by Gasteiger charge is 2.34. The number of hydrogen-bond acceptors (Lipinski definition) is 4. The largest absolute Gasteiger partial charge is 0.465 e. The quantitative estimate of drug-likeness (QED) is 0.826. The number of amides is 2. The van der Waals surface area contributed by atoms with Crippen LogP contribution in [-0.2, 0) is 20.9 Å². The topological polar surface area (TPSA) is 75.7 Å². The van der Waals surface area contributed by atoms with E-state index in [2.05, 4.69) is 10.1 Å². The summed E-state index contributed by atoms with van der Waals surface area (Å²) in [5, 5.41) is 2.79. The van der Waals surface area contributed by atoms with Gasteiger partial charge in [0.25, 0.3) is 0 Å². The lowest BCUT2D eigenvalue weighted by molar-refractivity contribution is -0.128. The van der Waals surface area contributed by atoms with Crippen LogP contribution in [0.3, 0.4) is 0 Å². The van der Waals surface area contributed by atoms with E-state index in [1.165, 1.54) is 7.11 Å². The van der Waals surface area contributed by atoms with Crippen LogP contribution in [0.5, 0.6) is 0 Å². The summed E-state index contributed by atoms with van der Waals surface area (Å²) in [5.41, 5.74) is 3.06. The summed E-state index contributed by atoms with van der Waals surface area (Å²) in [4.78, 5) is 38.2. The standard InChI is InChI=1S/C21H22N2O4/c1-14-5-3-6-15(9-14)12-23-13-17(11-19(23)24)20(25)22-18-8-4-7-16(10-18)21(26)27-2/h3-10,17H,11-13H2,1-2H3,(H,22,25). The van der Waals surface area contributed by atoms with Crippen molar-refractivity contribution in [1.82, 2.24) is 4.90 Å². The Bertz CT molecular complexity index is 878. The van der Waals surface area contributed by atoms with Gasteiger partial charge in [0.05, 0.1) is 18.6 Å². The van der Waals surface area contributed by atoms with Crippen LogP contribution in [0.4, 0.5) is 5.69 Å². The molecule has 0 radical (unpaired) electrons. The first-order chi connectivity index (χ1) is 13.0. The second-order valence-corrected chi connectivity index (χ2v) is 6.73. The van der Waals surface area contributed by atoms with Crippen molar-refractivity contribution in [3.63, 3.8) is 0 Å². The predicted molar refractivity (Wildman–Crippen MR) is 101 cm³/mol. The van der Waals surface area contributed by atoms with E-state index in [1.807, 2.05) is 31.2 Å². The summed E-state index contributed by atoms with van der Waals surface area (Å²) in [6.45, 7) is 2.89. The Labute approximate surface area is 158 Å². The molecule has 27 heavy (non-hydrogen) atoms. The van der Waals surface area contributed by atoms with Crippen LogP contribution in [0.15, 0.2) is 48.5 Å². The molecule has 2 aromatic rings. The van der Waals surface area contributed by atoms with E-state index >= 15 is 0 Å². The van der Waals surface area contributed by atoms with Crippen molar-refractivity contribution in [2.24, 2.45) is 5.92 Å². The van der Waals surface area contributed by atoms with E-state index in [9.17, 15) is 14.4 Å². The molecule has 0 saturated carbocycles. The van der Waals surface area contributed by atoms with Gasteiger partial charge in [0.1, 0.15) is 0 Å². The van der Waals surface area contributed by atoms with Crippen molar-refractivity contribution in [2.45, 2.75) is 19.9 Å². The predicted octanol–water partition coefficient (Wildman–Crippen LogP) is 2.77. The first-order valence-corrected chi connectivity index (χ1v) is 8.79. The second-order valence-electron chi connectivity index (χ2n) is 6.73. The number of likely N-dealkylation sites (tertiary alicyclic amines) is 1. The highest BCUT2D eigenvalue weighted by Crippen LogP contribution is 2.22. The molecule has 3 rings (SSSR count). The number of anilines is 1. The van der Waals surface area contributed by atoms with E-state index in [0.29, 0.717) is 24.3 Å². The van der Waals surface area contributed by atoms with Gasteiger partial charge in [-0.3, -0.25) is 9.59 Å². The third kappa shape index (κ3) is 4.53. The minimum atomic E-state index is -0.466. The fourth-order valence-corrected chi connectivity index (χ4v) is 3.22. The molecule has 1 unspecified atom stereocenters. The fraction of sp³-hybridized carbons (Fsp3) is 0.286. The Morgan fingerprint density at radius 3 is 2.70 bits per heavy atom. The highest BCUT2D eigenvalue weighted by molar-refractivity contribution is 5.98. The maximum absolute atomic E-state index is 12.6. The Balaban J connectivity index is 1.63. The Morgan fingerprint density at radius 1 is 1.19 bits per heavy atom. The summed E-state index contributed by atoms with van der Waals surface area (Å²) in [7, 11) is 1.31. The number of nitrogens with zero attached hydrogens (tertiary/aromatic N) is 1. The zero-order valence-electron chi connectivity index (χ0n) is 15.4. The first kappa shape index (κ1) is 18.6. The molecule has 140 valence electrons. The van der Waals surface area contributed by atoms with Crippen molar-refractivity contribution >= 4 is 23.5 Å². The van der Waals surface area contributed by atoms with Gasteiger partial charge in [-0.1, -0.05) is 35.9 Å². The SMILES string of the molecule is COC(=O)c1cccc(NC(=O)C2CC(=O)N(Cc3cccc(C)c3)C2)c1. The summed E-state index contributed by atoms with van der Waals surface area (Å²) < 4.78 is 4.69. The lowest BCUT2D eigenvalue weighted by atomic mass is 10.1. The zero-order valence-corrected chi connectivity index (χ0v) is 15.4. The molecular weight excluding hydrogens is 344 g/mol. The summed E-state index contributed by atoms with van der Waals surface area (Å²) >= 11 is 0. The van der Waals surface area contributed by atoms with E-state index in [0.717, 1.165) is 11.1 Å². The highest BCUT2D eigenvalue weighted by atomic mass is 16.5. The average Bonchev–Trinajstić information content (AvgIpc) is 3.02. The summed E-state index contributed by atoms with van der Waals surface area (Å²) in [6, 6.07) is 14.5. The Morgan fingerprint density at radius 2 is 1.96 bits per heavy atom. The maximum atomic E-state index is 12.6. The van der Waals surface area contributed by atoms with Crippen molar-refractivity contribution in [3.8, 4) is 0 Å². The number of benzene rings is 2. The van der Waals surface area contributed by atoms with Gasteiger partial charge >= 0.3 is 5.97 Å². The van der Waals surface area contributed by atoms with Crippen LogP contribution >= 0.6 is 0 Å². The fourth-order valence-electron chi connectivity index (χ4n) is 3.22. The molecule has 1 N–H and O–H groups in total. The molecule has 1 saturated heterocycles. The van der Waals surface area contributed by atoms with Crippen molar-refractivity contribution in [2.75, 3.05) is 19.0 Å². The molecule has 1 aliphatic heterocycles. The molecule has 6 nitrogen and oxygen atoms in total. The molecule has 2 amide bonds. The van der Waals surface area contributed by atoms with Gasteiger partial charge in [-0.15, -0.1) is 0 Å². The molecule has 2 aromatic carbocycles. The van der Waals surface area contributed by atoms with Gasteiger partial charge in [-0.2, -0.15) is 0 Å². The minimum Gasteiger partial charge on any atom is -0.465 e. The van der Waals surface area contributed by atoms with Gasteiger partial charge in [-0.25, -0.2) is 4.79 Å². The number of esters is 1. The number of methoxy groups -OCH3 is 1. The number of aryl methyl sites for hydroxylation is 1. The lowest BCUT2D eigenvalue weighted by Crippen LogP contribution is -2.28. The van der Waals surface area contributed by atoms with Crippen LogP contribution in [0.2, 0.25) is 0 Å². The minimum absolute atomic E-state index is 0.0278. The number of ether oxygens (including phenoxy) is 1. The summed E-state index contributed by atoms with van der Waals surface area (Å²) in [6.07, 6.45) is 0.189. The molecule has 0 aliphatic carbocycles. The maximum Gasteiger partial charge on any atom is 0.337 e. The number of carbonyl (C=O) groups is 3. The van der Waals surface area contributed by atoms with Gasteiger partial charge in [-0.05, 0) is 30.7 Å². The van der Waals surface area contributed by atoms with Gasteiger partial charge < -0.3 is 15.0 Å². The van der Waals surface area contributed by atoms with Crippen molar-refractivity contribution in [3.05, 3.63) is 65.2 Å². The van der Waals surface area contributed by atoms with Crippen LogP contribution in [-0.4, -0.2) is 36.3 Å². The second kappa shape index (κ2) is 8.03. The number of nitrogens with one attached hydrogen (secondary N) is 1. The summed E-state index contributed by atoms with van der Waals surface area (Å²) in [5.74, 6) is -1.13. The molecular formula is C21H22N2O4. The molecule has 1 heterocycles. The molecule has 0 bridgehead atoms. The molecule has 6 heteroatoms. The smallest absolute Gasteiger partial charge is 0.337 e. The Kier molecular flexibility index (Phi) is 5.54. The van der Waals surface area contributed by atoms with Crippen LogP contribution in [0, 0.1) is 12.8 Å². The van der Waals surface area contributed by atoms with Crippen molar-refractivity contribution < 1.29 is 19.1 Å². The van der Waals surface area contributed by atoms with Gasteiger partial charge in [0.15, 0.2) is 0 Å². The third-order valence-electron chi connectivity index (χ3n) is 4.59. The molecule has 0 spiro atoms. The molecule has 1 fully saturated rings.